The third-order valence-electron chi connectivity index (χ3n) is 5.93. The van der Waals surface area contributed by atoms with Gasteiger partial charge in [0.05, 0.1) is 4.90 Å². The number of nitrogens with zero attached hydrogens (tertiary/aromatic N) is 3. The predicted molar refractivity (Wildman–Crippen MR) is 125 cm³/mol. The zero-order valence-corrected chi connectivity index (χ0v) is 19.7. The van der Waals surface area contributed by atoms with Gasteiger partial charge in [-0.25, -0.2) is 8.42 Å². The summed E-state index contributed by atoms with van der Waals surface area (Å²) in [7, 11) is -0.330. The van der Waals surface area contributed by atoms with Crippen LogP contribution in [0, 0.1) is 0 Å². The van der Waals surface area contributed by atoms with Gasteiger partial charge in [0.1, 0.15) is 0 Å². The van der Waals surface area contributed by atoms with Gasteiger partial charge in [-0.2, -0.15) is 4.31 Å². The highest BCUT2D eigenvalue weighted by Gasteiger charge is 2.25. The van der Waals surface area contributed by atoms with E-state index >= 15 is 0 Å². The Morgan fingerprint density at radius 2 is 1.68 bits per heavy atom. The first-order valence-electron chi connectivity index (χ1n) is 10.9. The molecule has 0 radical (unpaired) electrons. The molecule has 31 heavy (non-hydrogen) atoms. The smallest absolute Gasteiger partial charge is 0.253 e. The number of amides is 1. The van der Waals surface area contributed by atoms with E-state index in [9.17, 15) is 13.2 Å². The maximum Gasteiger partial charge on any atom is 0.253 e. The van der Waals surface area contributed by atoms with E-state index in [1.54, 1.807) is 31.1 Å². The highest BCUT2D eigenvalue weighted by atomic mass is 32.2. The SMILES string of the molecule is CC(C)N(C)S(=O)(=O)c1cccc(C(=O)N(C)Cc2ccccc2N2CCCCC2)c1. The maximum atomic E-state index is 13.1. The summed E-state index contributed by atoms with van der Waals surface area (Å²) >= 11 is 0. The molecule has 0 spiro atoms. The Morgan fingerprint density at radius 1 is 1.00 bits per heavy atom. The van der Waals surface area contributed by atoms with Crippen LogP contribution in [0.25, 0.3) is 0 Å². The van der Waals surface area contributed by atoms with Gasteiger partial charge in [0, 0.05) is 51.0 Å². The third-order valence-corrected chi connectivity index (χ3v) is 7.96. The average molecular weight is 444 g/mol. The first-order chi connectivity index (χ1) is 14.7. The lowest BCUT2D eigenvalue weighted by atomic mass is 10.1. The van der Waals surface area contributed by atoms with Crippen LogP contribution >= 0.6 is 0 Å². The second kappa shape index (κ2) is 9.83. The van der Waals surface area contributed by atoms with Gasteiger partial charge < -0.3 is 9.80 Å². The normalized spacial score (nSPS) is 14.8. The van der Waals surface area contributed by atoms with Crippen LogP contribution in [0.1, 0.15) is 49.0 Å². The van der Waals surface area contributed by atoms with E-state index in [2.05, 4.69) is 17.0 Å². The van der Waals surface area contributed by atoms with Crippen molar-refractivity contribution in [1.29, 1.82) is 0 Å². The van der Waals surface area contributed by atoms with E-state index in [-0.39, 0.29) is 16.8 Å². The minimum Gasteiger partial charge on any atom is -0.371 e. The van der Waals surface area contributed by atoms with Crippen LogP contribution in [-0.4, -0.2) is 56.8 Å². The number of hydrogen-bond acceptors (Lipinski definition) is 4. The largest absolute Gasteiger partial charge is 0.371 e. The van der Waals surface area contributed by atoms with Gasteiger partial charge in [0.25, 0.3) is 5.91 Å². The third kappa shape index (κ3) is 5.28. The van der Waals surface area contributed by atoms with Crippen molar-refractivity contribution < 1.29 is 13.2 Å². The summed E-state index contributed by atoms with van der Waals surface area (Å²) in [5.41, 5.74) is 2.65. The zero-order chi connectivity index (χ0) is 22.6. The molecule has 1 saturated heterocycles. The van der Waals surface area contributed by atoms with Crippen molar-refractivity contribution in [3.8, 4) is 0 Å². The van der Waals surface area contributed by atoms with Crippen molar-refractivity contribution in [2.24, 2.45) is 0 Å². The molecule has 0 atom stereocenters. The standard InChI is InChI=1S/C24H33N3O3S/c1-19(2)26(4)31(29,30)22-13-10-12-20(17-22)24(28)25(3)18-21-11-6-7-14-23(21)27-15-8-5-9-16-27/h6-7,10-14,17,19H,5,8-9,15-16,18H2,1-4H3. The lowest BCUT2D eigenvalue weighted by Gasteiger charge is -2.31. The van der Waals surface area contributed by atoms with E-state index < -0.39 is 10.0 Å². The molecule has 7 heteroatoms. The predicted octanol–water partition coefficient (Wildman–Crippen LogP) is 3.98. The van der Waals surface area contributed by atoms with Crippen molar-refractivity contribution in [2.45, 2.75) is 50.6 Å². The fraction of sp³-hybridized carbons (Fsp3) is 0.458. The topological polar surface area (TPSA) is 60.9 Å². The molecule has 1 aliphatic heterocycles. The maximum absolute atomic E-state index is 13.1. The number of carbonyl (C=O) groups excluding carboxylic acids is 1. The highest BCUT2D eigenvalue weighted by molar-refractivity contribution is 7.89. The Hall–Kier alpha value is -2.38. The molecule has 0 bridgehead atoms. The number of sulfonamides is 1. The highest BCUT2D eigenvalue weighted by Crippen LogP contribution is 2.26. The number of hydrogen-bond donors (Lipinski definition) is 0. The van der Waals surface area contributed by atoms with Crippen LogP contribution in [0.2, 0.25) is 0 Å². The van der Waals surface area contributed by atoms with Crippen LogP contribution < -0.4 is 4.90 Å². The summed E-state index contributed by atoms with van der Waals surface area (Å²) in [4.78, 5) is 17.3. The summed E-state index contributed by atoms with van der Waals surface area (Å²) in [5.74, 6) is -0.197. The fourth-order valence-electron chi connectivity index (χ4n) is 3.87. The number of rotatable bonds is 7. The lowest BCUT2D eigenvalue weighted by Crippen LogP contribution is -2.33. The van der Waals surface area contributed by atoms with Crippen molar-refractivity contribution in [3.05, 3.63) is 59.7 Å². The molecule has 1 fully saturated rings. The number of anilines is 1. The quantitative estimate of drug-likeness (QED) is 0.649. The molecule has 3 rings (SSSR count). The van der Waals surface area contributed by atoms with Gasteiger partial charge in [-0.15, -0.1) is 0 Å². The minimum absolute atomic E-state index is 0.136. The van der Waals surface area contributed by atoms with Gasteiger partial charge in [-0.3, -0.25) is 4.79 Å². The molecule has 0 N–H and O–H groups in total. The lowest BCUT2D eigenvalue weighted by molar-refractivity contribution is 0.0785. The fourth-order valence-corrected chi connectivity index (χ4v) is 5.28. The van der Waals surface area contributed by atoms with E-state index in [0.29, 0.717) is 12.1 Å². The van der Waals surface area contributed by atoms with Crippen molar-refractivity contribution in [3.63, 3.8) is 0 Å². The Morgan fingerprint density at radius 3 is 2.35 bits per heavy atom. The average Bonchev–Trinajstić information content (AvgIpc) is 2.79. The summed E-state index contributed by atoms with van der Waals surface area (Å²) in [6, 6.07) is 14.4. The van der Waals surface area contributed by atoms with Crippen LogP contribution in [-0.2, 0) is 16.6 Å². The van der Waals surface area contributed by atoms with Crippen LogP contribution in [0.4, 0.5) is 5.69 Å². The van der Waals surface area contributed by atoms with Crippen LogP contribution in [0.3, 0.4) is 0 Å². The Labute approximate surface area is 186 Å². The van der Waals surface area contributed by atoms with Crippen LogP contribution in [0.5, 0.6) is 0 Å². The summed E-state index contributed by atoms with van der Waals surface area (Å²) in [5, 5.41) is 0. The summed E-state index contributed by atoms with van der Waals surface area (Å²) in [6.45, 7) is 6.19. The number of benzene rings is 2. The van der Waals surface area contributed by atoms with Gasteiger partial charge in [0.15, 0.2) is 0 Å². The second-order valence-corrected chi connectivity index (χ2v) is 10.5. The first kappa shape index (κ1) is 23.3. The molecular formula is C24H33N3O3S. The van der Waals surface area contributed by atoms with Crippen molar-refractivity contribution in [1.82, 2.24) is 9.21 Å². The number of piperidine rings is 1. The van der Waals surface area contributed by atoms with Crippen LogP contribution in [0.15, 0.2) is 53.4 Å². The molecule has 1 aliphatic rings. The van der Waals surface area contributed by atoms with E-state index in [1.165, 1.54) is 41.4 Å². The van der Waals surface area contributed by atoms with E-state index in [1.807, 2.05) is 26.0 Å². The molecule has 2 aromatic rings. The monoisotopic (exact) mass is 443 g/mol. The second-order valence-electron chi connectivity index (χ2n) is 8.48. The number of para-hydroxylation sites is 1. The van der Waals surface area contributed by atoms with Gasteiger partial charge in [0.2, 0.25) is 10.0 Å². The van der Waals surface area contributed by atoms with E-state index in [4.69, 9.17) is 0 Å². The molecular weight excluding hydrogens is 410 g/mol. The van der Waals surface area contributed by atoms with Gasteiger partial charge in [-0.05, 0) is 62.9 Å². The molecule has 1 amide bonds. The molecule has 2 aromatic carbocycles. The Kier molecular flexibility index (Phi) is 7.38. The Bertz CT molecular complexity index is 1010. The molecule has 6 nitrogen and oxygen atoms in total. The van der Waals surface area contributed by atoms with E-state index in [0.717, 1.165) is 18.7 Å². The van der Waals surface area contributed by atoms with Crippen molar-refractivity contribution in [2.75, 3.05) is 32.1 Å². The molecule has 0 unspecified atom stereocenters. The molecule has 0 aliphatic carbocycles. The minimum atomic E-state index is -3.64. The van der Waals surface area contributed by atoms with Crippen molar-refractivity contribution >= 4 is 21.6 Å². The number of carbonyl (C=O) groups is 1. The molecule has 0 saturated carbocycles. The first-order valence-corrected chi connectivity index (χ1v) is 12.3. The molecule has 168 valence electrons. The van der Waals surface area contributed by atoms with Gasteiger partial charge >= 0.3 is 0 Å². The Balaban J connectivity index is 1.80. The molecule has 0 aromatic heterocycles. The zero-order valence-electron chi connectivity index (χ0n) is 18.9. The van der Waals surface area contributed by atoms with Gasteiger partial charge in [-0.1, -0.05) is 24.3 Å². The summed E-state index contributed by atoms with van der Waals surface area (Å²) < 4.78 is 27.0. The summed E-state index contributed by atoms with van der Waals surface area (Å²) in [6.07, 6.45) is 3.65. The molecule has 1 heterocycles.